The molecule has 11 atom stereocenters. The Hall–Kier alpha value is -0.740. The van der Waals surface area contributed by atoms with E-state index >= 15 is 0 Å². The van der Waals surface area contributed by atoms with Crippen molar-refractivity contribution in [1.29, 1.82) is 0 Å². The number of nitrogens with zero attached hydrogens (tertiary/aromatic N) is 1. The van der Waals surface area contributed by atoms with Gasteiger partial charge in [-0.1, -0.05) is 45.0 Å². The Bertz CT molecular complexity index is 858. The van der Waals surface area contributed by atoms with E-state index in [1.165, 1.54) is 37.7 Å². The van der Waals surface area contributed by atoms with Gasteiger partial charge in [0.05, 0.1) is 12.6 Å². The molecule has 192 valence electrons. The molecule has 2 unspecified atom stereocenters. The van der Waals surface area contributed by atoms with Crippen molar-refractivity contribution in [3.63, 3.8) is 0 Å². The van der Waals surface area contributed by atoms with Crippen molar-refractivity contribution in [2.45, 2.75) is 105 Å². The van der Waals surface area contributed by atoms with Crippen molar-refractivity contribution in [1.82, 2.24) is 0 Å². The first-order valence-electron chi connectivity index (χ1n) is 14.2. The summed E-state index contributed by atoms with van der Waals surface area (Å²) in [6.07, 6.45) is 11.4. The molecule has 5 aliphatic rings. The summed E-state index contributed by atoms with van der Waals surface area (Å²) < 4.78 is 0. The Balaban J connectivity index is 1.54. The van der Waals surface area contributed by atoms with Gasteiger partial charge in [0, 0.05) is 12.0 Å². The average Bonchev–Trinajstić information content (AvgIpc) is 3.20. The Morgan fingerprint density at radius 2 is 1.59 bits per heavy atom. The lowest BCUT2D eigenvalue weighted by molar-refractivity contribution is -0.244. The molecule has 5 aliphatic carbocycles. The fraction of sp³-hybridized carbons (Fsp3) is 0.933. The van der Waals surface area contributed by atoms with Crippen LogP contribution in [-0.4, -0.2) is 29.5 Å². The molecular formula is C30H49NO3. The van der Waals surface area contributed by atoms with Crippen LogP contribution in [0.2, 0.25) is 0 Å². The zero-order chi connectivity index (χ0) is 24.7. The zero-order valence-corrected chi connectivity index (χ0v) is 22.4. The van der Waals surface area contributed by atoms with E-state index in [1.54, 1.807) is 0 Å². The number of aliphatic hydroxyl groups excluding tert-OH is 2. The summed E-state index contributed by atoms with van der Waals surface area (Å²) in [7, 11) is 0. The molecule has 34 heavy (non-hydrogen) atoms. The highest BCUT2D eigenvalue weighted by Crippen LogP contribution is 2.77. The quantitative estimate of drug-likeness (QED) is 0.352. The molecule has 0 aliphatic heterocycles. The van der Waals surface area contributed by atoms with E-state index in [0.29, 0.717) is 36.2 Å². The molecule has 4 heteroatoms. The van der Waals surface area contributed by atoms with Gasteiger partial charge < -0.3 is 10.2 Å². The van der Waals surface area contributed by atoms with Crippen LogP contribution in [0.3, 0.4) is 0 Å². The molecule has 0 aromatic heterocycles. The number of rotatable bonds is 4. The molecule has 0 spiro atoms. The fourth-order valence-corrected chi connectivity index (χ4v) is 11.8. The van der Waals surface area contributed by atoms with Gasteiger partial charge in [-0.2, -0.15) is 4.91 Å². The molecule has 0 amide bonds. The second-order valence-electron chi connectivity index (χ2n) is 14.5. The Morgan fingerprint density at radius 3 is 2.21 bits per heavy atom. The van der Waals surface area contributed by atoms with Crippen LogP contribution in [0.15, 0.2) is 17.3 Å². The van der Waals surface area contributed by atoms with E-state index in [9.17, 15) is 15.1 Å². The van der Waals surface area contributed by atoms with E-state index in [4.69, 9.17) is 0 Å². The minimum atomic E-state index is -0.400. The summed E-state index contributed by atoms with van der Waals surface area (Å²) in [4.78, 5) is 11.8. The van der Waals surface area contributed by atoms with Crippen LogP contribution in [0, 0.1) is 61.6 Å². The van der Waals surface area contributed by atoms with Crippen LogP contribution in [0.5, 0.6) is 0 Å². The van der Waals surface area contributed by atoms with Gasteiger partial charge in [0.25, 0.3) is 0 Å². The van der Waals surface area contributed by atoms with Gasteiger partial charge in [0.2, 0.25) is 0 Å². The molecule has 5 fully saturated rings. The third kappa shape index (κ3) is 2.85. The van der Waals surface area contributed by atoms with Gasteiger partial charge in [0.15, 0.2) is 0 Å². The summed E-state index contributed by atoms with van der Waals surface area (Å²) in [5, 5.41) is 24.7. The summed E-state index contributed by atoms with van der Waals surface area (Å²) in [5.41, 5.74) is 1.69. The largest absolute Gasteiger partial charge is 0.396 e. The molecule has 0 heterocycles. The molecule has 0 radical (unpaired) electrons. The first-order valence-corrected chi connectivity index (χ1v) is 14.2. The van der Waals surface area contributed by atoms with Gasteiger partial charge in [0.1, 0.15) is 0 Å². The van der Waals surface area contributed by atoms with E-state index in [-0.39, 0.29) is 34.3 Å². The molecular weight excluding hydrogens is 422 g/mol. The van der Waals surface area contributed by atoms with Gasteiger partial charge in [-0.15, -0.1) is 0 Å². The predicted octanol–water partition coefficient (Wildman–Crippen LogP) is 6.74. The molecule has 0 aromatic carbocycles. The van der Waals surface area contributed by atoms with Gasteiger partial charge in [-0.25, -0.2) is 0 Å². The lowest BCUT2D eigenvalue weighted by atomic mass is 9.32. The maximum absolute atomic E-state index is 11.8. The van der Waals surface area contributed by atoms with Crippen LogP contribution in [0.25, 0.3) is 0 Å². The van der Waals surface area contributed by atoms with Crippen molar-refractivity contribution in [2.75, 3.05) is 13.2 Å². The first-order chi connectivity index (χ1) is 16.0. The summed E-state index contributed by atoms with van der Waals surface area (Å²) >= 11 is 0. The number of aliphatic hydroxyl groups is 2. The fourth-order valence-electron chi connectivity index (χ4n) is 11.8. The Kier molecular flexibility index (Phi) is 5.78. The number of fused-ring (bicyclic) bond motifs is 7. The van der Waals surface area contributed by atoms with Crippen LogP contribution >= 0.6 is 0 Å². The molecule has 4 nitrogen and oxygen atoms in total. The molecule has 5 rings (SSSR count). The lowest BCUT2D eigenvalue weighted by Crippen LogP contribution is -2.67. The third-order valence-electron chi connectivity index (χ3n) is 13.8. The van der Waals surface area contributed by atoms with Crippen LogP contribution in [0.1, 0.15) is 98.8 Å². The van der Waals surface area contributed by atoms with Crippen LogP contribution in [0.4, 0.5) is 0 Å². The summed E-state index contributed by atoms with van der Waals surface area (Å²) in [6, 6.07) is -0.262. The number of hydrogen-bond donors (Lipinski definition) is 2. The highest BCUT2D eigenvalue weighted by atomic mass is 16.3. The molecule has 5 saturated carbocycles. The van der Waals surface area contributed by atoms with Crippen molar-refractivity contribution in [3.05, 3.63) is 17.1 Å². The smallest absolute Gasteiger partial charge is 0.0998 e. The van der Waals surface area contributed by atoms with Crippen molar-refractivity contribution in [3.8, 4) is 0 Å². The number of nitroso groups, excluding NO2 is 1. The monoisotopic (exact) mass is 471 g/mol. The van der Waals surface area contributed by atoms with E-state index in [0.717, 1.165) is 32.1 Å². The van der Waals surface area contributed by atoms with Crippen LogP contribution < -0.4 is 0 Å². The van der Waals surface area contributed by atoms with Gasteiger partial charge >= 0.3 is 0 Å². The number of allylic oxidation sites excluding steroid dienone is 1. The SMILES string of the molecule is C=C(C)[C@@H]1CC[C@]2(CO)CC[C@]3(C)[C@H](CC[C@@H]4[C@@]5(C)CCC(N=O)C(C)(CO)[C@@H]5CC[C@]43C)[C@@H]12. The molecule has 0 aromatic rings. The Labute approximate surface area is 207 Å². The highest BCUT2D eigenvalue weighted by Gasteiger charge is 2.71. The normalized spacial score (nSPS) is 56.6. The number of hydrogen-bond acceptors (Lipinski definition) is 4. The second kappa shape index (κ2) is 7.88. The minimum absolute atomic E-state index is 0.0639. The van der Waals surface area contributed by atoms with E-state index in [2.05, 4.69) is 46.4 Å². The van der Waals surface area contributed by atoms with Crippen LogP contribution in [-0.2, 0) is 0 Å². The summed E-state index contributed by atoms with van der Waals surface area (Å²) in [5.74, 6) is 2.74. The van der Waals surface area contributed by atoms with Gasteiger partial charge in [-0.3, -0.25) is 0 Å². The van der Waals surface area contributed by atoms with Crippen molar-refractivity contribution < 1.29 is 10.2 Å². The predicted molar refractivity (Wildman–Crippen MR) is 137 cm³/mol. The maximum Gasteiger partial charge on any atom is 0.0998 e. The standard InChI is InChI=1S/C30H49NO3/c1-19(2)20-9-14-30(18-33)16-15-28(5)21(25(20)30)7-8-23-26(3)12-11-24(31-34)27(4,17-32)22(26)10-13-29(23,28)6/h20-25,32-33H,1,7-18H2,2-6H3/t20-,21+,22+,23+,24?,25+,26-,27?,28+,29+,30+/m0/s1. The molecule has 0 saturated heterocycles. The highest BCUT2D eigenvalue weighted by molar-refractivity contribution is 5.22. The van der Waals surface area contributed by atoms with E-state index < -0.39 is 5.41 Å². The molecule has 2 N–H and O–H groups in total. The molecule has 0 bridgehead atoms. The zero-order valence-electron chi connectivity index (χ0n) is 22.4. The second-order valence-corrected chi connectivity index (χ2v) is 14.5. The maximum atomic E-state index is 11.8. The summed E-state index contributed by atoms with van der Waals surface area (Å²) in [6.45, 7) is 16.9. The third-order valence-corrected chi connectivity index (χ3v) is 13.8. The average molecular weight is 472 g/mol. The van der Waals surface area contributed by atoms with Crippen molar-refractivity contribution in [2.24, 2.45) is 61.8 Å². The van der Waals surface area contributed by atoms with Crippen molar-refractivity contribution >= 4 is 0 Å². The van der Waals surface area contributed by atoms with Gasteiger partial charge in [-0.05, 0) is 122 Å². The first kappa shape index (κ1) is 24.9. The topological polar surface area (TPSA) is 69.9 Å². The minimum Gasteiger partial charge on any atom is -0.396 e. The van der Waals surface area contributed by atoms with E-state index in [1.807, 2.05) is 0 Å². The lowest BCUT2D eigenvalue weighted by Gasteiger charge is -2.73. The Morgan fingerprint density at radius 1 is 0.853 bits per heavy atom.